The molecule has 1 heterocycles. The lowest BCUT2D eigenvalue weighted by molar-refractivity contribution is -0.150. The topological polar surface area (TPSA) is 90.3 Å². The Hall–Kier alpha value is -2.54. The van der Waals surface area contributed by atoms with E-state index in [0.717, 1.165) is 0 Å². The van der Waals surface area contributed by atoms with Gasteiger partial charge in [-0.3, -0.25) is 24.3 Å². The number of para-hydroxylation sites is 1. The molecule has 0 saturated carbocycles. The van der Waals surface area contributed by atoms with Gasteiger partial charge in [0.1, 0.15) is 11.7 Å². The van der Waals surface area contributed by atoms with Crippen LogP contribution in [0, 0.1) is 5.92 Å². The van der Waals surface area contributed by atoms with Crippen LogP contribution >= 0.6 is 0 Å². The Labute approximate surface area is 133 Å². The average molecular weight is 317 g/mol. The second-order valence-electron chi connectivity index (χ2n) is 5.06. The fourth-order valence-electron chi connectivity index (χ4n) is 2.18. The van der Waals surface area contributed by atoms with Crippen molar-refractivity contribution >= 4 is 22.7 Å². The predicted molar refractivity (Wildman–Crippen MR) is 84.8 cm³/mol. The number of ketones is 1. The Morgan fingerprint density at radius 3 is 2.78 bits per heavy atom. The van der Waals surface area contributed by atoms with Crippen molar-refractivity contribution in [2.75, 3.05) is 13.2 Å². The molecule has 0 fully saturated rings. The Balaban J connectivity index is 2.06. The van der Waals surface area contributed by atoms with Crippen LogP contribution in [0.3, 0.4) is 0 Å². The molecule has 2 aromatic rings. The summed E-state index contributed by atoms with van der Waals surface area (Å²) in [6.07, 6.45) is 1.44. The highest BCUT2D eigenvalue weighted by atomic mass is 16.5. The largest absolute Gasteiger partial charge is 0.465 e. The Morgan fingerprint density at radius 2 is 2.09 bits per heavy atom. The standard InChI is InChI=1S/C16H19N3O4/c1-3-23-16(22)13(11(2)20)8-17-9-19-10-18-14-7-5-4-6-12(14)15(19)21/h4-7,10,13,17H,3,8-9H2,1-2H3. The second kappa shape index (κ2) is 7.64. The van der Waals surface area contributed by atoms with E-state index < -0.39 is 11.9 Å². The van der Waals surface area contributed by atoms with Crippen LogP contribution in [0.15, 0.2) is 35.4 Å². The van der Waals surface area contributed by atoms with E-state index in [0.29, 0.717) is 10.9 Å². The van der Waals surface area contributed by atoms with Gasteiger partial charge in [-0.05, 0) is 26.0 Å². The van der Waals surface area contributed by atoms with Crippen LogP contribution in [-0.2, 0) is 21.0 Å². The smallest absolute Gasteiger partial charge is 0.317 e. The minimum atomic E-state index is -0.876. The zero-order chi connectivity index (χ0) is 16.8. The summed E-state index contributed by atoms with van der Waals surface area (Å²) in [6.45, 7) is 3.50. The first-order valence-electron chi connectivity index (χ1n) is 7.36. The van der Waals surface area contributed by atoms with Gasteiger partial charge in [0, 0.05) is 6.54 Å². The van der Waals surface area contributed by atoms with Crippen molar-refractivity contribution in [1.29, 1.82) is 0 Å². The summed E-state index contributed by atoms with van der Waals surface area (Å²) >= 11 is 0. The summed E-state index contributed by atoms with van der Waals surface area (Å²) in [7, 11) is 0. The fourth-order valence-corrected chi connectivity index (χ4v) is 2.18. The first kappa shape index (κ1) is 16.8. The molecule has 23 heavy (non-hydrogen) atoms. The number of esters is 1. The lowest BCUT2D eigenvalue weighted by Crippen LogP contribution is -2.37. The molecule has 2 rings (SSSR count). The Morgan fingerprint density at radius 1 is 1.35 bits per heavy atom. The van der Waals surface area contributed by atoms with Gasteiger partial charge in [-0.1, -0.05) is 12.1 Å². The maximum Gasteiger partial charge on any atom is 0.317 e. The van der Waals surface area contributed by atoms with Crippen LogP contribution in [0.2, 0.25) is 0 Å². The summed E-state index contributed by atoms with van der Waals surface area (Å²) in [5.74, 6) is -1.71. The highest BCUT2D eigenvalue weighted by Gasteiger charge is 2.24. The van der Waals surface area contributed by atoms with E-state index in [2.05, 4.69) is 10.3 Å². The predicted octanol–water partition coefficient (Wildman–Crippen LogP) is 0.712. The average Bonchev–Trinajstić information content (AvgIpc) is 2.53. The maximum atomic E-state index is 12.3. The number of aromatic nitrogens is 2. The Bertz CT molecular complexity index is 769. The van der Waals surface area contributed by atoms with E-state index in [1.165, 1.54) is 17.8 Å². The van der Waals surface area contributed by atoms with Crippen LogP contribution in [0.4, 0.5) is 0 Å². The molecule has 0 spiro atoms. The van der Waals surface area contributed by atoms with Gasteiger partial charge in [-0.2, -0.15) is 0 Å². The number of nitrogens with zero attached hydrogens (tertiary/aromatic N) is 2. The van der Waals surface area contributed by atoms with Gasteiger partial charge in [0.05, 0.1) is 30.5 Å². The normalized spacial score (nSPS) is 12.1. The van der Waals surface area contributed by atoms with Gasteiger partial charge < -0.3 is 4.74 Å². The van der Waals surface area contributed by atoms with Gasteiger partial charge in [0.2, 0.25) is 0 Å². The monoisotopic (exact) mass is 317 g/mol. The van der Waals surface area contributed by atoms with Crippen LogP contribution in [0.5, 0.6) is 0 Å². The van der Waals surface area contributed by atoms with Crippen molar-refractivity contribution in [1.82, 2.24) is 14.9 Å². The summed E-state index contributed by atoms with van der Waals surface area (Å²) in [6, 6.07) is 7.06. The van der Waals surface area contributed by atoms with Gasteiger partial charge in [0.15, 0.2) is 0 Å². The number of hydrogen-bond acceptors (Lipinski definition) is 6. The van der Waals surface area contributed by atoms with E-state index in [1.54, 1.807) is 25.1 Å². The van der Waals surface area contributed by atoms with Crippen molar-refractivity contribution in [2.24, 2.45) is 5.92 Å². The number of rotatable bonds is 7. The number of hydrogen-bond donors (Lipinski definition) is 1. The Kier molecular flexibility index (Phi) is 5.59. The van der Waals surface area contributed by atoms with Gasteiger partial charge in [0.25, 0.3) is 5.56 Å². The number of Topliss-reactive ketones (excluding diaryl/α,β-unsaturated/α-hetero) is 1. The van der Waals surface area contributed by atoms with Crippen molar-refractivity contribution in [2.45, 2.75) is 20.5 Å². The van der Waals surface area contributed by atoms with Crippen molar-refractivity contribution in [3.63, 3.8) is 0 Å². The quantitative estimate of drug-likeness (QED) is 0.597. The molecule has 1 aromatic heterocycles. The van der Waals surface area contributed by atoms with Gasteiger partial charge >= 0.3 is 5.97 Å². The summed E-state index contributed by atoms with van der Waals surface area (Å²) in [5.41, 5.74) is 0.445. The van der Waals surface area contributed by atoms with Crippen LogP contribution in [-0.4, -0.2) is 34.5 Å². The maximum absolute atomic E-state index is 12.3. The third kappa shape index (κ3) is 4.01. The van der Waals surface area contributed by atoms with E-state index >= 15 is 0 Å². The van der Waals surface area contributed by atoms with E-state index in [-0.39, 0.29) is 31.2 Å². The van der Waals surface area contributed by atoms with E-state index in [4.69, 9.17) is 4.74 Å². The molecule has 7 heteroatoms. The molecule has 0 bridgehead atoms. The zero-order valence-corrected chi connectivity index (χ0v) is 13.1. The summed E-state index contributed by atoms with van der Waals surface area (Å²) in [4.78, 5) is 39.7. The number of carbonyl (C=O) groups excluding carboxylic acids is 2. The number of fused-ring (bicyclic) bond motifs is 1. The first-order valence-corrected chi connectivity index (χ1v) is 7.36. The van der Waals surface area contributed by atoms with Crippen molar-refractivity contribution < 1.29 is 14.3 Å². The minimum Gasteiger partial charge on any atom is -0.465 e. The SMILES string of the molecule is CCOC(=O)C(CNCn1cnc2ccccc2c1=O)C(C)=O. The molecule has 0 aliphatic rings. The van der Waals surface area contributed by atoms with Gasteiger partial charge in [-0.25, -0.2) is 4.98 Å². The van der Waals surface area contributed by atoms with Gasteiger partial charge in [-0.15, -0.1) is 0 Å². The van der Waals surface area contributed by atoms with Crippen LogP contribution in [0.25, 0.3) is 10.9 Å². The zero-order valence-electron chi connectivity index (χ0n) is 13.1. The molecule has 7 nitrogen and oxygen atoms in total. The molecular weight excluding hydrogens is 298 g/mol. The van der Waals surface area contributed by atoms with Crippen molar-refractivity contribution in [3.05, 3.63) is 40.9 Å². The number of ether oxygens (including phenoxy) is 1. The van der Waals surface area contributed by atoms with E-state index in [9.17, 15) is 14.4 Å². The fraction of sp³-hybridized carbons (Fsp3) is 0.375. The highest BCUT2D eigenvalue weighted by Crippen LogP contribution is 2.04. The molecule has 122 valence electrons. The third-order valence-corrected chi connectivity index (χ3v) is 3.42. The highest BCUT2D eigenvalue weighted by molar-refractivity contribution is 5.98. The van der Waals surface area contributed by atoms with Crippen molar-refractivity contribution in [3.8, 4) is 0 Å². The number of carbonyl (C=O) groups is 2. The molecule has 0 saturated heterocycles. The molecule has 0 aliphatic carbocycles. The molecule has 0 radical (unpaired) electrons. The number of nitrogens with one attached hydrogen (secondary N) is 1. The van der Waals surface area contributed by atoms with E-state index in [1.807, 2.05) is 6.07 Å². The molecule has 1 atom stereocenters. The lowest BCUT2D eigenvalue weighted by atomic mass is 10.1. The molecule has 0 amide bonds. The number of benzene rings is 1. The van der Waals surface area contributed by atoms with Crippen LogP contribution < -0.4 is 10.9 Å². The third-order valence-electron chi connectivity index (χ3n) is 3.42. The summed E-state index contributed by atoms with van der Waals surface area (Å²) in [5, 5.41) is 3.45. The molecular formula is C16H19N3O4. The molecule has 1 unspecified atom stereocenters. The molecule has 1 aromatic carbocycles. The molecule has 1 N–H and O–H groups in total. The van der Waals surface area contributed by atoms with Crippen LogP contribution in [0.1, 0.15) is 13.8 Å². The summed E-state index contributed by atoms with van der Waals surface area (Å²) < 4.78 is 6.26. The second-order valence-corrected chi connectivity index (χ2v) is 5.06. The lowest BCUT2D eigenvalue weighted by Gasteiger charge is -2.14. The minimum absolute atomic E-state index is 0.105. The first-order chi connectivity index (χ1) is 11.0. The molecule has 0 aliphatic heterocycles.